The van der Waals surface area contributed by atoms with Crippen molar-refractivity contribution in [3.63, 3.8) is 0 Å². The fraction of sp³-hybridized carbons (Fsp3) is 0.296. The van der Waals surface area contributed by atoms with Gasteiger partial charge in [0.2, 0.25) is 0 Å². The first-order valence-electron chi connectivity index (χ1n) is 12.1. The molecule has 0 atom stereocenters. The maximum absolute atomic E-state index is 12.1. The van der Waals surface area contributed by atoms with Crippen molar-refractivity contribution < 1.29 is 19.4 Å². The number of aromatic nitrogens is 5. The Kier molecular flexibility index (Phi) is 6.68. The van der Waals surface area contributed by atoms with Gasteiger partial charge in [0.25, 0.3) is 0 Å². The third-order valence-corrected chi connectivity index (χ3v) is 6.80. The number of carboxylic acid groups (broad SMARTS) is 1. The molecule has 38 heavy (non-hydrogen) atoms. The predicted molar refractivity (Wildman–Crippen MR) is 145 cm³/mol. The number of carboxylic acids is 1. The molecule has 1 aliphatic rings. The maximum Gasteiger partial charge on any atom is 0.352 e. The standard InChI is InChI=1S/C27H29N7O4/c1-16-14-30-34(20(16)12-19(28-3)18-15-29-7-6-22(18)37-5)23-13-21-24(17(2)25(27(35)36)32(21)4)26(31-23)33-8-10-38-11-9-33/h6-7,12-15H,1,8-11H2,2-5H3,(H,35,36)/b20-12+,28-19?. The molecule has 0 aromatic carbocycles. The molecule has 1 N–H and O–H groups in total. The van der Waals surface area contributed by atoms with Crippen LogP contribution in [0.2, 0.25) is 0 Å². The van der Waals surface area contributed by atoms with Gasteiger partial charge in [-0.1, -0.05) is 6.58 Å². The molecule has 11 nitrogen and oxygen atoms in total. The second-order valence-electron chi connectivity index (χ2n) is 8.93. The van der Waals surface area contributed by atoms with Crippen LogP contribution in [0.1, 0.15) is 21.6 Å². The number of aryl methyl sites for hydroxylation is 2. The number of morpholine rings is 1. The Balaban J connectivity index is 1.76. The Labute approximate surface area is 219 Å². The summed E-state index contributed by atoms with van der Waals surface area (Å²) in [5.41, 5.74) is 3.01. The number of ether oxygens (including phenoxy) is 2. The molecule has 1 fully saturated rings. The molecule has 11 heteroatoms. The molecule has 4 aromatic heterocycles. The number of fused-ring (bicyclic) bond motifs is 1. The number of aromatic carboxylic acids is 1. The average Bonchev–Trinajstić information content (AvgIpc) is 3.42. The molecule has 1 saturated heterocycles. The van der Waals surface area contributed by atoms with Gasteiger partial charge in [0.1, 0.15) is 17.3 Å². The summed E-state index contributed by atoms with van der Waals surface area (Å²) in [4.78, 5) is 28.0. The van der Waals surface area contributed by atoms with Crippen molar-refractivity contribution >= 4 is 41.1 Å². The van der Waals surface area contributed by atoms with Crippen LogP contribution < -0.4 is 20.2 Å². The lowest BCUT2D eigenvalue weighted by molar-refractivity contribution is 0.0686. The minimum atomic E-state index is -0.988. The number of rotatable bonds is 6. The third kappa shape index (κ3) is 4.20. The van der Waals surface area contributed by atoms with Crippen LogP contribution in [0.5, 0.6) is 5.75 Å². The Morgan fingerprint density at radius 3 is 2.74 bits per heavy atom. The van der Waals surface area contributed by atoms with E-state index in [1.165, 1.54) is 0 Å². The van der Waals surface area contributed by atoms with E-state index in [9.17, 15) is 9.90 Å². The summed E-state index contributed by atoms with van der Waals surface area (Å²) in [6, 6.07) is 3.63. The van der Waals surface area contributed by atoms with Crippen molar-refractivity contribution in [2.75, 3.05) is 45.4 Å². The second kappa shape index (κ2) is 10.1. The average molecular weight is 516 g/mol. The number of methoxy groups -OCH3 is 1. The van der Waals surface area contributed by atoms with Crippen molar-refractivity contribution in [1.29, 1.82) is 0 Å². The van der Waals surface area contributed by atoms with E-state index in [-0.39, 0.29) is 5.69 Å². The fourth-order valence-electron chi connectivity index (χ4n) is 4.91. The predicted octanol–water partition coefficient (Wildman–Crippen LogP) is 1.32. The number of carbonyl (C=O) groups is 1. The van der Waals surface area contributed by atoms with E-state index in [4.69, 9.17) is 14.5 Å². The van der Waals surface area contributed by atoms with Gasteiger partial charge in [-0.25, -0.2) is 14.5 Å². The maximum atomic E-state index is 12.1. The molecule has 0 spiro atoms. The summed E-state index contributed by atoms with van der Waals surface area (Å²) in [7, 11) is 5.05. The Bertz CT molecular complexity index is 1680. The molecular weight excluding hydrogens is 486 g/mol. The minimum absolute atomic E-state index is 0.225. The van der Waals surface area contributed by atoms with Crippen LogP contribution in [0.25, 0.3) is 29.4 Å². The quantitative estimate of drug-likeness (QED) is 0.382. The number of pyridine rings is 2. The normalized spacial score (nSPS) is 14.9. The van der Waals surface area contributed by atoms with Crippen LogP contribution in [-0.4, -0.2) is 81.6 Å². The van der Waals surface area contributed by atoms with E-state index in [0.717, 1.165) is 16.5 Å². The second-order valence-corrected chi connectivity index (χ2v) is 8.93. The van der Waals surface area contributed by atoms with Crippen molar-refractivity contribution in [1.82, 2.24) is 24.3 Å². The summed E-state index contributed by atoms with van der Waals surface area (Å²) in [6.45, 7) is 8.42. The van der Waals surface area contributed by atoms with Gasteiger partial charge in [-0.05, 0) is 24.6 Å². The molecule has 0 bridgehead atoms. The van der Waals surface area contributed by atoms with Gasteiger partial charge in [0.05, 0.1) is 48.7 Å². The van der Waals surface area contributed by atoms with Crippen molar-refractivity contribution in [2.24, 2.45) is 12.0 Å². The Morgan fingerprint density at radius 1 is 1.29 bits per heavy atom. The molecular formula is C27H29N7O4. The molecule has 0 aliphatic carbocycles. The zero-order chi connectivity index (χ0) is 27.0. The van der Waals surface area contributed by atoms with Gasteiger partial charge >= 0.3 is 5.97 Å². The monoisotopic (exact) mass is 515 g/mol. The van der Waals surface area contributed by atoms with Gasteiger partial charge < -0.3 is 24.0 Å². The van der Waals surface area contributed by atoms with Gasteiger partial charge in [0.15, 0.2) is 5.82 Å². The van der Waals surface area contributed by atoms with Crippen molar-refractivity contribution in [3.05, 3.63) is 58.1 Å². The summed E-state index contributed by atoms with van der Waals surface area (Å²) in [5.74, 6) is 0.888. The van der Waals surface area contributed by atoms with Gasteiger partial charge in [-0.3, -0.25) is 9.98 Å². The van der Waals surface area contributed by atoms with Gasteiger partial charge in [-0.15, -0.1) is 0 Å². The van der Waals surface area contributed by atoms with E-state index in [1.54, 1.807) is 55.1 Å². The zero-order valence-electron chi connectivity index (χ0n) is 21.8. The Morgan fingerprint density at radius 2 is 2.05 bits per heavy atom. The molecule has 5 rings (SSSR count). The Hall–Kier alpha value is -4.51. The summed E-state index contributed by atoms with van der Waals surface area (Å²) in [5, 5.41) is 16.7. The first kappa shape index (κ1) is 25.2. The minimum Gasteiger partial charge on any atom is -0.496 e. The highest BCUT2D eigenvalue weighted by Gasteiger charge is 2.25. The van der Waals surface area contributed by atoms with Crippen LogP contribution >= 0.6 is 0 Å². The van der Waals surface area contributed by atoms with E-state index in [2.05, 4.69) is 26.6 Å². The number of anilines is 1. The third-order valence-electron chi connectivity index (χ3n) is 6.80. The highest BCUT2D eigenvalue weighted by molar-refractivity contribution is 6.21. The number of hydrogen-bond donors (Lipinski definition) is 1. The van der Waals surface area contributed by atoms with Crippen LogP contribution in [0, 0.1) is 6.92 Å². The molecule has 0 amide bonds. The largest absolute Gasteiger partial charge is 0.496 e. The molecule has 0 saturated carbocycles. The van der Waals surface area contributed by atoms with Gasteiger partial charge in [-0.2, -0.15) is 5.10 Å². The van der Waals surface area contributed by atoms with E-state index >= 15 is 0 Å². The lowest BCUT2D eigenvalue weighted by Gasteiger charge is -2.29. The highest BCUT2D eigenvalue weighted by atomic mass is 16.5. The van der Waals surface area contributed by atoms with Crippen molar-refractivity contribution in [3.8, 4) is 11.6 Å². The van der Waals surface area contributed by atoms with Crippen LogP contribution in [0.3, 0.4) is 0 Å². The van der Waals surface area contributed by atoms with Crippen LogP contribution in [0.15, 0.2) is 35.7 Å². The number of aliphatic imine (C=N–C) groups is 1. The van der Waals surface area contributed by atoms with E-state index in [1.807, 2.05) is 19.1 Å². The SMILES string of the molecule is C=c1cnn(-c2cc3c(c(N4CCOCC4)n2)c(C)c(C(=O)O)n3C)/c1=C/C(=NC)c1cnccc1OC. The zero-order valence-corrected chi connectivity index (χ0v) is 21.8. The summed E-state index contributed by atoms with van der Waals surface area (Å²) in [6.07, 6.45) is 6.89. The molecule has 0 radical (unpaired) electrons. The van der Waals surface area contributed by atoms with Crippen molar-refractivity contribution in [2.45, 2.75) is 6.92 Å². The molecule has 1 aliphatic heterocycles. The number of hydrogen-bond acceptors (Lipinski definition) is 8. The van der Waals surface area contributed by atoms with E-state index < -0.39 is 5.97 Å². The van der Waals surface area contributed by atoms with Crippen LogP contribution in [0.4, 0.5) is 5.82 Å². The van der Waals surface area contributed by atoms with Gasteiger partial charge in [0, 0.05) is 56.2 Å². The summed E-state index contributed by atoms with van der Waals surface area (Å²) < 4.78 is 14.5. The lowest BCUT2D eigenvalue weighted by atomic mass is 10.1. The molecule has 196 valence electrons. The highest BCUT2D eigenvalue weighted by Crippen LogP contribution is 2.34. The molecule has 4 aromatic rings. The fourth-order valence-corrected chi connectivity index (χ4v) is 4.91. The van der Waals surface area contributed by atoms with Crippen LogP contribution in [-0.2, 0) is 11.8 Å². The first-order chi connectivity index (χ1) is 18.3. The molecule has 0 unspecified atom stereocenters. The topological polar surface area (TPSA) is 120 Å². The number of nitrogens with zero attached hydrogens (tertiary/aromatic N) is 7. The van der Waals surface area contributed by atoms with E-state index in [0.29, 0.717) is 65.5 Å². The smallest absolute Gasteiger partial charge is 0.352 e. The first-order valence-corrected chi connectivity index (χ1v) is 12.1. The lowest BCUT2D eigenvalue weighted by Crippen LogP contribution is -2.37. The molecule has 5 heterocycles. The summed E-state index contributed by atoms with van der Waals surface area (Å²) >= 11 is 0.